The van der Waals surface area contributed by atoms with Gasteiger partial charge in [0.2, 0.25) is 0 Å². The smallest absolute Gasteiger partial charge is 0.255 e. The molecule has 2 atom stereocenters. The number of β-amino-alcohol motifs (C(OH)–C–C–N with tert-alkyl or cyclic N) is 1. The van der Waals surface area contributed by atoms with Crippen LogP contribution in [0.15, 0.2) is 36.4 Å². The molecule has 166 valence electrons. The Kier molecular flexibility index (Phi) is 6.58. The number of fused-ring (bicyclic) bond motifs is 1. The second-order valence-corrected chi connectivity index (χ2v) is 8.13. The summed E-state index contributed by atoms with van der Waals surface area (Å²) in [5, 5.41) is 13.5. The number of nitrogens with one attached hydrogen (secondary N) is 1. The van der Waals surface area contributed by atoms with E-state index in [2.05, 4.69) is 10.2 Å². The maximum Gasteiger partial charge on any atom is 0.255 e. The summed E-state index contributed by atoms with van der Waals surface area (Å²) in [6.07, 6.45) is 0.919. The van der Waals surface area contributed by atoms with Gasteiger partial charge in [-0.25, -0.2) is 4.39 Å². The zero-order valence-corrected chi connectivity index (χ0v) is 17.4. The summed E-state index contributed by atoms with van der Waals surface area (Å²) in [7, 11) is 0. The lowest BCUT2D eigenvalue weighted by atomic mass is 9.93. The Morgan fingerprint density at radius 3 is 2.77 bits per heavy atom. The number of piperidine rings is 1. The molecule has 0 spiro atoms. The maximum absolute atomic E-state index is 13.1. The van der Waals surface area contributed by atoms with Gasteiger partial charge in [-0.1, -0.05) is 12.1 Å². The predicted octanol–water partition coefficient (Wildman–Crippen LogP) is 2.18. The van der Waals surface area contributed by atoms with Crippen molar-refractivity contribution in [2.24, 2.45) is 5.92 Å². The standard InChI is InChI=1S/C23H28FN3O4/c24-17-4-2-15(3-5-17)13-27-7-6-16(20(28)14-27)12-26-23(29)19-10-18(25)11-21-22(19)31-9-1-8-30-21/h2-5,10-11,16,20,28H,1,6-9,12-14,25H2,(H,26,29)/t16-,20+/m0/s1. The average Bonchev–Trinajstić information content (AvgIpc) is 2.99. The van der Waals surface area contributed by atoms with Crippen LogP contribution in [0.3, 0.4) is 0 Å². The number of rotatable bonds is 5. The number of hydrogen-bond acceptors (Lipinski definition) is 6. The number of nitrogen functional groups attached to an aromatic ring is 1. The molecule has 0 saturated carbocycles. The largest absolute Gasteiger partial charge is 0.489 e. The van der Waals surface area contributed by atoms with Crippen LogP contribution in [0.2, 0.25) is 0 Å². The second kappa shape index (κ2) is 9.53. The topological polar surface area (TPSA) is 97.1 Å². The highest BCUT2D eigenvalue weighted by Gasteiger charge is 2.29. The molecule has 4 rings (SSSR count). The summed E-state index contributed by atoms with van der Waals surface area (Å²) in [6, 6.07) is 9.66. The Hall–Kier alpha value is -2.84. The highest BCUT2D eigenvalue weighted by molar-refractivity contribution is 5.98. The molecule has 31 heavy (non-hydrogen) atoms. The molecular weight excluding hydrogens is 401 g/mol. The number of aliphatic hydroxyl groups excluding tert-OH is 1. The maximum atomic E-state index is 13.1. The Morgan fingerprint density at radius 2 is 2.00 bits per heavy atom. The van der Waals surface area contributed by atoms with E-state index in [9.17, 15) is 14.3 Å². The van der Waals surface area contributed by atoms with Crippen molar-refractivity contribution >= 4 is 11.6 Å². The Balaban J connectivity index is 1.33. The summed E-state index contributed by atoms with van der Waals surface area (Å²) in [4.78, 5) is 15.0. The molecule has 0 radical (unpaired) electrons. The van der Waals surface area contributed by atoms with Gasteiger partial charge in [-0.3, -0.25) is 9.69 Å². The number of likely N-dealkylation sites (tertiary alicyclic amines) is 1. The summed E-state index contributed by atoms with van der Waals surface area (Å²) in [5.74, 6) is 0.295. The van der Waals surface area contributed by atoms with Crippen LogP contribution in [0.4, 0.5) is 10.1 Å². The lowest BCUT2D eigenvalue weighted by Gasteiger charge is -2.36. The fourth-order valence-corrected chi connectivity index (χ4v) is 4.06. The van der Waals surface area contributed by atoms with Gasteiger partial charge in [0.1, 0.15) is 5.82 Å². The van der Waals surface area contributed by atoms with Gasteiger partial charge in [-0.15, -0.1) is 0 Å². The number of carbonyl (C=O) groups excluding carboxylic acids is 1. The molecular formula is C23H28FN3O4. The van der Waals surface area contributed by atoms with Crippen LogP contribution >= 0.6 is 0 Å². The van der Waals surface area contributed by atoms with Gasteiger partial charge >= 0.3 is 0 Å². The Bertz CT molecular complexity index is 922. The number of anilines is 1. The van der Waals surface area contributed by atoms with E-state index >= 15 is 0 Å². The SMILES string of the molecule is Nc1cc2c(c(C(=O)NC[C@@H]3CCN(Cc4ccc(F)cc4)C[C@H]3O)c1)OCCCO2. The van der Waals surface area contributed by atoms with Crippen LogP contribution in [-0.4, -0.2) is 54.9 Å². The third-order valence-corrected chi connectivity index (χ3v) is 5.76. The molecule has 1 amide bonds. The van der Waals surface area contributed by atoms with Gasteiger partial charge in [0.25, 0.3) is 5.91 Å². The number of halogens is 1. The summed E-state index contributed by atoms with van der Waals surface area (Å²) in [5.41, 5.74) is 7.72. The highest BCUT2D eigenvalue weighted by Crippen LogP contribution is 2.35. The first kappa shape index (κ1) is 21.4. The molecule has 4 N–H and O–H groups in total. The number of nitrogens with two attached hydrogens (primary N) is 1. The molecule has 1 saturated heterocycles. The van der Waals surface area contributed by atoms with Gasteiger partial charge in [-0.2, -0.15) is 0 Å². The van der Waals surface area contributed by atoms with Crippen LogP contribution in [0, 0.1) is 11.7 Å². The van der Waals surface area contributed by atoms with Crippen molar-refractivity contribution in [2.75, 3.05) is 38.6 Å². The van der Waals surface area contributed by atoms with Crippen LogP contribution in [0.1, 0.15) is 28.8 Å². The van der Waals surface area contributed by atoms with E-state index in [-0.39, 0.29) is 17.6 Å². The van der Waals surface area contributed by atoms with Crippen molar-refractivity contribution in [1.29, 1.82) is 0 Å². The van der Waals surface area contributed by atoms with E-state index in [1.165, 1.54) is 12.1 Å². The van der Waals surface area contributed by atoms with E-state index in [1.807, 2.05) is 0 Å². The lowest BCUT2D eigenvalue weighted by molar-refractivity contribution is 0.0190. The summed E-state index contributed by atoms with van der Waals surface area (Å²) >= 11 is 0. The normalized spacial score (nSPS) is 21.4. The lowest BCUT2D eigenvalue weighted by Crippen LogP contribution is -2.47. The minimum atomic E-state index is -0.563. The first-order valence-corrected chi connectivity index (χ1v) is 10.6. The van der Waals surface area contributed by atoms with Gasteiger partial charge < -0.3 is 25.6 Å². The molecule has 2 aromatic carbocycles. The number of nitrogens with zero attached hydrogens (tertiary/aromatic N) is 1. The van der Waals surface area contributed by atoms with Gasteiger partial charge in [0.15, 0.2) is 11.5 Å². The van der Waals surface area contributed by atoms with E-state index in [4.69, 9.17) is 15.2 Å². The molecule has 2 aliphatic heterocycles. The van der Waals surface area contributed by atoms with Crippen LogP contribution in [0.5, 0.6) is 11.5 Å². The predicted molar refractivity (Wildman–Crippen MR) is 115 cm³/mol. The van der Waals surface area contributed by atoms with Crippen molar-refractivity contribution in [3.63, 3.8) is 0 Å². The van der Waals surface area contributed by atoms with Gasteiger partial charge in [-0.05, 0) is 36.7 Å². The molecule has 0 aliphatic carbocycles. The third-order valence-electron chi connectivity index (χ3n) is 5.76. The Morgan fingerprint density at radius 1 is 1.23 bits per heavy atom. The first-order valence-electron chi connectivity index (χ1n) is 10.6. The number of aliphatic hydroxyl groups is 1. The van der Waals surface area contributed by atoms with Gasteiger partial charge in [0, 0.05) is 43.7 Å². The zero-order chi connectivity index (χ0) is 21.8. The molecule has 8 heteroatoms. The Labute approximate surface area is 180 Å². The first-order chi connectivity index (χ1) is 15.0. The van der Waals surface area contributed by atoms with E-state index < -0.39 is 6.10 Å². The number of amides is 1. The monoisotopic (exact) mass is 429 g/mol. The fraction of sp³-hybridized carbons (Fsp3) is 0.435. The molecule has 0 bridgehead atoms. The van der Waals surface area contributed by atoms with Crippen LogP contribution < -0.4 is 20.5 Å². The average molecular weight is 429 g/mol. The third kappa shape index (κ3) is 5.26. The quantitative estimate of drug-likeness (QED) is 0.631. The van der Waals surface area contributed by atoms with Crippen LogP contribution in [0.25, 0.3) is 0 Å². The summed E-state index contributed by atoms with van der Waals surface area (Å²) in [6.45, 7) is 3.29. The van der Waals surface area contributed by atoms with Crippen molar-refractivity contribution in [3.8, 4) is 11.5 Å². The van der Waals surface area contributed by atoms with Crippen molar-refractivity contribution < 1.29 is 23.8 Å². The number of carbonyl (C=O) groups is 1. The number of hydrogen-bond donors (Lipinski definition) is 3. The van der Waals surface area contributed by atoms with Crippen LogP contribution in [-0.2, 0) is 6.54 Å². The molecule has 0 unspecified atom stereocenters. The highest BCUT2D eigenvalue weighted by atomic mass is 19.1. The second-order valence-electron chi connectivity index (χ2n) is 8.13. The minimum absolute atomic E-state index is 0.0507. The van der Waals surface area contributed by atoms with Crippen molar-refractivity contribution in [2.45, 2.75) is 25.5 Å². The van der Waals surface area contributed by atoms with Crippen molar-refractivity contribution in [1.82, 2.24) is 10.2 Å². The number of ether oxygens (including phenoxy) is 2. The molecule has 1 fully saturated rings. The van der Waals surface area contributed by atoms with E-state index in [0.29, 0.717) is 55.6 Å². The van der Waals surface area contributed by atoms with E-state index in [1.54, 1.807) is 24.3 Å². The summed E-state index contributed by atoms with van der Waals surface area (Å²) < 4.78 is 24.5. The molecule has 0 aromatic heterocycles. The molecule has 2 heterocycles. The van der Waals surface area contributed by atoms with Crippen molar-refractivity contribution in [3.05, 3.63) is 53.3 Å². The number of benzene rings is 2. The van der Waals surface area contributed by atoms with Gasteiger partial charge in [0.05, 0.1) is 24.9 Å². The molecule has 2 aromatic rings. The van der Waals surface area contributed by atoms with E-state index in [0.717, 1.165) is 24.9 Å². The molecule has 7 nitrogen and oxygen atoms in total. The fourth-order valence-electron chi connectivity index (χ4n) is 4.06. The molecule has 2 aliphatic rings. The zero-order valence-electron chi connectivity index (χ0n) is 17.4. The minimum Gasteiger partial charge on any atom is -0.489 e.